The number of nitrogens with two attached hydrogens (primary N) is 1. The summed E-state index contributed by atoms with van der Waals surface area (Å²) in [7, 11) is 0. The maximum absolute atomic E-state index is 6.35. The molecule has 0 fully saturated rings. The number of para-hydroxylation sites is 1. The molecule has 0 saturated heterocycles. The smallest absolute Gasteiger partial charge is 0.142 e. The number of hydrogen-bond acceptors (Lipinski definition) is 2. The molecule has 3 rings (SSSR count). The van der Waals surface area contributed by atoms with Gasteiger partial charge in [0.2, 0.25) is 0 Å². The molecule has 0 amide bonds. The number of aromatic nitrogens is 2. The standard InChI is InChI=1S/C16H15Cl2N3/c1-2-8-21-15-13(18)4-3-5-14(15)20-16(21)11-9-10(19)6-7-12(11)17/h3-7,9H,2,8,19H2,1H3. The Hall–Kier alpha value is -1.71. The van der Waals surface area contributed by atoms with E-state index in [0.29, 0.717) is 15.7 Å². The highest BCUT2D eigenvalue weighted by atomic mass is 35.5. The molecule has 1 aromatic heterocycles. The molecule has 0 aliphatic rings. The summed E-state index contributed by atoms with van der Waals surface area (Å²) in [6.45, 7) is 2.94. The molecule has 2 N–H and O–H groups in total. The lowest BCUT2D eigenvalue weighted by Crippen LogP contribution is -2.01. The van der Waals surface area contributed by atoms with Crippen LogP contribution in [0.25, 0.3) is 22.4 Å². The molecule has 3 nitrogen and oxygen atoms in total. The molecule has 0 atom stereocenters. The average Bonchev–Trinajstić information content (AvgIpc) is 2.82. The molecule has 1 heterocycles. The first-order chi connectivity index (χ1) is 10.1. The Morgan fingerprint density at radius 1 is 1.14 bits per heavy atom. The Morgan fingerprint density at radius 3 is 2.71 bits per heavy atom. The van der Waals surface area contributed by atoms with Crippen molar-refractivity contribution >= 4 is 39.9 Å². The van der Waals surface area contributed by atoms with Crippen LogP contribution in [0.5, 0.6) is 0 Å². The van der Waals surface area contributed by atoms with Gasteiger partial charge in [-0.05, 0) is 36.8 Å². The SMILES string of the molecule is CCCn1c(-c2cc(N)ccc2Cl)nc2cccc(Cl)c21. The van der Waals surface area contributed by atoms with Gasteiger partial charge < -0.3 is 10.3 Å². The molecule has 108 valence electrons. The zero-order chi connectivity index (χ0) is 15.0. The Bertz CT molecular complexity index is 809. The molecule has 0 spiro atoms. The van der Waals surface area contributed by atoms with Gasteiger partial charge in [0, 0.05) is 17.8 Å². The molecular weight excluding hydrogens is 305 g/mol. The number of anilines is 1. The number of halogens is 2. The van der Waals surface area contributed by atoms with E-state index in [2.05, 4.69) is 11.5 Å². The maximum atomic E-state index is 6.35. The van der Waals surface area contributed by atoms with Crippen LogP contribution in [-0.2, 0) is 6.54 Å². The van der Waals surface area contributed by atoms with Crippen molar-refractivity contribution < 1.29 is 0 Å². The molecule has 0 radical (unpaired) electrons. The summed E-state index contributed by atoms with van der Waals surface area (Å²) in [5.41, 5.74) is 9.19. The number of rotatable bonds is 3. The summed E-state index contributed by atoms with van der Waals surface area (Å²) in [6, 6.07) is 11.2. The second-order valence-electron chi connectivity index (χ2n) is 4.93. The zero-order valence-corrected chi connectivity index (χ0v) is 13.1. The van der Waals surface area contributed by atoms with Crippen LogP contribution in [0.3, 0.4) is 0 Å². The number of benzene rings is 2. The van der Waals surface area contributed by atoms with Gasteiger partial charge in [-0.1, -0.05) is 36.2 Å². The van der Waals surface area contributed by atoms with Gasteiger partial charge in [0.15, 0.2) is 0 Å². The van der Waals surface area contributed by atoms with Crippen molar-refractivity contribution in [1.82, 2.24) is 9.55 Å². The summed E-state index contributed by atoms with van der Waals surface area (Å²) in [5, 5.41) is 1.33. The molecule has 5 heteroatoms. The normalized spacial score (nSPS) is 11.2. The molecule has 0 aliphatic carbocycles. The van der Waals surface area contributed by atoms with E-state index in [1.165, 1.54) is 0 Å². The Kier molecular flexibility index (Phi) is 3.79. The third-order valence-corrected chi connectivity index (χ3v) is 4.03. The molecule has 3 aromatic rings. The van der Waals surface area contributed by atoms with Crippen LogP contribution in [0.1, 0.15) is 13.3 Å². The monoisotopic (exact) mass is 319 g/mol. The fourth-order valence-electron chi connectivity index (χ4n) is 2.50. The summed E-state index contributed by atoms with van der Waals surface area (Å²) in [5.74, 6) is 0.803. The lowest BCUT2D eigenvalue weighted by molar-refractivity contribution is 0.704. The van der Waals surface area contributed by atoms with Crippen LogP contribution in [0.2, 0.25) is 10.0 Å². The molecule has 2 aromatic carbocycles. The Balaban J connectivity index is 2.34. The largest absolute Gasteiger partial charge is 0.399 e. The number of nitrogens with zero attached hydrogens (tertiary/aromatic N) is 2. The molecule has 0 saturated carbocycles. The van der Waals surface area contributed by atoms with E-state index in [1.54, 1.807) is 12.1 Å². The molecular formula is C16H15Cl2N3. The van der Waals surface area contributed by atoms with Gasteiger partial charge in [-0.2, -0.15) is 0 Å². The maximum Gasteiger partial charge on any atom is 0.142 e. The molecule has 0 aliphatic heterocycles. The predicted octanol–water partition coefficient (Wildman–Crippen LogP) is 5.00. The summed E-state index contributed by atoms with van der Waals surface area (Å²) >= 11 is 12.7. The van der Waals surface area contributed by atoms with Crippen LogP contribution in [0, 0.1) is 0 Å². The van der Waals surface area contributed by atoms with Gasteiger partial charge in [-0.15, -0.1) is 0 Å². The number of nitrogen functional groups attached to an aromatic ring is 1. The zero-order valence-electron chi connectivity index (χ0n) is 11.6. The van der Waals surface area contributed by atoms with E-state index in [1.807, 2.05) is 24.3 Å². The minimum atomic E-state index is 0.632. The fraction of sp³-hybridized carbons (Fsp3) is 0.188. The lowest BCUT2D eigenvalue weighted by Gasteiger charge is -2.10. The van der Waals surface area contributed by atoms with E-state index in [9.17, 15) is 0 Å². The van der Waals surface area contributed by atoms with Gasteiger partial charge in [0.25, 0.3) is 0 Å². The average molecular weight is 320 g/mol. The fourth-order valence-corrected chi connectivity index (χ4v) is 2.98. The van der Waals surface area contributed by atoms with Crippen LogP contribution in [0.15, 0.2) is 36.4 Å². The van der Waals surface area contributed by atoms with E-state index in [0.717, 1.165) is 35.4 Å². The van der Waals surface area contributed by atoms with Gasteiger partial charge >= 0.3 is 0 Å². The highest BCUT2D eigenvalue weighted by Crippen LogP contribution is 2.34. The predicted molar refractivity (Wildman–Crippen MR) is 89.9 cm³/mol. The summed E-state index contributed by atoms with van der Waals surface area (Å²) in [6.07, 6.45) is 0.976. The minimum Gasteiger partial charge on any atom is -0.399 e. The van der Waals surface area contributed by atoms with Crippen molar-refractivity contribution in [2.24, 2.45) is 0 Å². The van der Waals surface area contributed by atoms with Crippen LogP contribution < -0.4 is 5.73 Å². The molecule has 0 bridgehead atoms. The summed E-state index contributed by atoms with van der Waals surface area (Å²) < 4.78 is 2.11. The van der Waals surface area contributed by atoms with E-state index < -0.39 is 0 Å². The van der Waals surface area contributed by atoms with Crippen LogP contribution >= 0.6 is 23.2 Å². The third kappa shape index (κ3) is 2.47. The second-order valence-corrected chi connectivity index (χ2v) is 5.75. The van der Waals surface area contributed by atoms with Crippen molar-refractivity contribution in [2.45, 2.75) is 19.9 Å². The second kappa shape index (κ2) is 5.58. The first-order valence-electron chi connectivity index (χ1n) is 6.82. The van der Waals surface area contributed by atoms with Crippen molar-refractivity contribution in [3.8, 4) is 11.4 Å². The van der Waals surface area contributed by atoms with Gasteiger partial charge in [-0.3, -0.25) is 0 Å². The first kappa shape index (κ1) is 14.2. The quantitative estimate of drug-likeness (QED) is 0.690. The Morgan fingerprint density at radius 2 is 1.95 bits per heavy atom. The van der Waals surface area contributed by atoms with Crippen molar-refractivity contribution in [3.05, 3.63) is 46.4 Å². The number of fused-ring (bicyclic) bond motifs is 1. The Labute approximate surface area is 133 Å². The highest BCUT2D eigenvalue weighted by Gasteiger charge is 2.16. The lowest BCUT2D eigenvalue weighted by atomic mass is 10.2. The van der Waals surface area contributed by atoms with Gasteiger partial charge in [-0.25, -0.2) is 4.98 Å². The van der Waals surface area contributed by atoms with Crippen molar-refractivity contribution in [2.75, 3.05) is 5.73 Å². The van der Waals surface area contributed by atoms with Gasteiger partial charge in [0.05, 0.1) is 21.1 Å². The van der Waals surface area contributed by atoms with E-state index >= 15 is 0 Å². The third-order valence-electron chi connectivity index (χ3n) is 3.40. The minimum absolute atomic E-state index is 0.632. The topological polar surface area (TPSA) is 43.8 Å². The van der Waals surface area contributed by atoms with E-state index in [-0.39, 0.29) is 0 Å². The van der Waals surface area contributed by atoms with Crippen molar-refractivity contribution in [1.29, 1.82) is 0 Å². The van der Waals surface area contributed by atoms with E-state index in [4.69, 9.17) is 33.9 Å². The number of hydrogen-bond donors (Lipinski definition) is 1. The highest BCUT2D eigenvalue weighted by molar-refractivity contribution is 6.35. The number of aryl methyl sites for hydroxylation is 1. The van der Waals surface area contributed by atoms with Crippen LogP contribution in [-0.4, -0.2) is 9.55 Å². The number of imidazole rings is 1. The summed E-state index contributed by atoms with van der Waals surface area (Å²) in [4.78, 5) is 4.70. The molecule has 21 heavy (non-hydrogen) atoms. The van der Waals surface area contributed by atoms with Crippen molar-refractivity contribution in [3.63, 3.8) is 0 Å². The van der Waals surface area contributed by atoms with Gasteiger partial charge in [0.1, 0.15) is 5.82 Å². The molecule has 0 unspecified atom stereocenters. The van der Waals surface area contributed by atoms with Crippen LogP contribution in [0.4, 0.5) is 5.69 Å². The first-order valence-corrected chi connectivity index (χ1v) is 7.57.